The van der Waals surface area contributed by atoms with Crippen LogP contribution in [0.3, 0.4) is 0 Å². The summed E-state index contributed by atoms with van der Waals surface area (Å²) in [5, 5.41) is 3.75. The van der Waals surface area contributed by atoms with E-state index in [0.717, 1.165) is 26.5 Å². The van der Waals surface area contributed by atoms with Crippen molar-refractivity contribution in [2.45, 2.75) is 13.1 Å². The van der Waals surface area contributed by atoms with Gasteiger partial charge in [-0.05, 0) is 23.8 Å². The lowest BCUT2D eigenvalue weighted by Gasteiger charge is -2.18. The molecule has 1 aromatic heterocycles. The zero-order chi connectivity index (χ0) is 20.8. The Balaban J connectivity index is 1.84. The molecule has 2 aromatic carbocycles. The van der Waals surface area contributed by atoms with Crippen molar-refractivity contribution >= 4 is 32.9 Å². The summed E-state index contributed by atoms with van der Waals surface area (Å²) in [4.78, 5) is 24.8. The lowest BCUT2D eigenvalue weighted by atomic mass is 10.0. The molecule has 0 atom stereocenters. The highest BCUT2D eigenvalue weighted by molar-refractivity contribution is 7.87. The second-order valence-corrected chi connectivity index (χ2v) is 8.93. The smallest absolute Gasteiger partial charge is 0.303 e. The van der Waals surface area contributed by atoms with Gasteiger partial charge in [-0.3, -0.25) is 9.59 Å². The second-order valence-electron chi connectivity index (χ2n) is 7.04. The van der Waals surface area contributed by atoms with Crippen LogP contribution in [0.1, 0.15) is 15.9 Å². The van der Waals surface area contributed by atoms with E-state index in [9.17, 15) is 18.0 Å². The van der Waals surface area contributed by atoms with E-state index < -0.39 is 16.1 Å². The lowest BCUT2D eigenvalue weighted by molar-refractivity contribution is -0.121. The summed E-state index contributed by atoms with van der Waals surface area (Å²) in [5.74, 6) is -0.866. The number of rotatable bonds is 3. The quantitative estimate of drug-likeness (QED) is 0.680. The third-order valence-corrected chi connectivity index (χ3v) is 6.34. The molecule has 0 aliphatic carbocycles. The van der Waals surface area contributed by atoms with Crippen molar-refractivity contribution in [2.75, 3.05) is 14.1 Å². The first kappa shape index (κ1) is 19.2. The zero-order valence-electron chi connectivity index (χ0n) is 16.0. The number of aromatic nitrogens is 1. The van der Waals surface area contributed by atoms with Gasteiger partial charge in [-0.15, -0.1) is 0 Å². The number of carbonyl (C=O) groups excluding carboxylic acids is 2. The molecular weight excluding hydrogens is 392 g/mol. The fourth-order valence-corrected chi connectivity index (χ4v) is 3.91. The monoisotopic (exact) mass is 412 g/mol. The van der Waals surface area contributed by atoms with E-state index in [1.807, 2.05) is 39.6 Å². The summed E-state index contributed by atoms with van der Waals surface area (Å²) >= 11 is 0. The molecule has 0 radical (unpaired) electrons. The molecule has 3 aromatic rings. The van der Waals surface area contributed by atoms with Gasteiger partial charge in [0.25, 0.3) is 5.91 Å². The number of nitrogens with zero attached hydrogens (tertiary/aromatic N) is 2. The fraction of sp³-hybridized carbons (Fsp3) is 0.200. The maximum absolute atomic E-state index is 12.5. The molecule has 8 nitrogen and oxygen atoms in total. The Morgan fingerprint density at radius 1 is 1.14 bits per heavy atom. The van der Waals surface area contributed by atoms with E-state index in [4.69, 9.17) is 0 Å². The van der Waals surface area contributed by atoms with Crippen LogP contribution in [0.4, 0.5) is 0 Å². The van der Waals surface area contributed by atoms with Gasteiger partial charge in [0.2, 0.25) is 5.91 Å². The predicted octanol–water partition coefficient (Wildman–Crippen LogP) is 1.47. The first-order valence-electron chi connectivity index (χ1n) is 8.99. The second kappa shape index (κ2) is 7.02. The molecule has 0 fully saturated rings. The molecule has 2 heterocycles. The van der Waals surface area contributed by atoms with E-state index in [2.05, 4.69) is 5.32 Å². The molecule has 0 unspecified atom stereocenters. The van der Waals surface area contributed by atoms with Crippen LogP contribution in [0.5, 0.6) is 0 Å². The first-order chi connectivity index (χ1) is 13.8. The first-order valence-corrected chi connectivity index (χ1v) is 10.4. The van der Waals surface area contributed by atoms with Crippen LogP contribution in [0, 0.1) is 0 Å². The molecule has 150 valence electrons. The summed E-state index contributed by atoms with van der Waals surface area (Å²) in [6, 6.07) is 14.7. The van der Waals surface area contributed by atoms with Crippen molar-refractivity contribution in [1.82, 2.24) is 18.9 Å². The highest BCUT2D eigenvalue weighted by atomic mass is 32.2. The molecule has 0 saturated carbocycles. The van der Waals surface area contributed by atoms with Gasteiger partial charge in [0.1, 0.15) is 6.54 Å². The standard InChI is InChI=1S/C20H20N4O4S/c1-23(2)29(27,28)22-20(26)14-8-7-13-9-18-16-6-4-3-5-15(16)11-21-19(25)12-24(18)17(13)10-14/h3-10H,11-12H2,1-2H3,(H,21,25)(H,22,26). The van der Waals surface area contributed by atoms with Crippen LogP contribution >= 0.6 is 0 Å². The molecule has 0 bridgehead atoms. The number of amides is 2. The number of fused-ring (bicyclic) bond motifs is 5. The van der Waals surface area contributed by atoms with Crippen LogP contribution in [-0.2, 0) is 28.1 Å². The van der Waals surface area contributed by atoms with Crippen LogP contribution in [-0.4, -0.2) is 43.2 Å². The van der Waals surface area contributed by atoms with Gasteiger partial charge in [-0.2, -0.15) is 12.7 Å². The number of carbonyl (C=O) groups is 2. The molecule has 1 aliphatic heterocycles. The Morgan fingerprint density at radius 3 is 2.66 bits per heavy atom. The van der Waals surface area contributed by atoms with Gasteiger partial charge in [0.05, 0.1) is 0 Å². The van der Waals surface area contributed by atoms with Gasteiger partial charge >= 0.3 is 10.2 Å². The number of hydrogen-bond acceptors (Lipinski definition) is 4. The van der Waals surface area contributed by atoms with Gasteiger partial charge in [-0.1, -0.05) is 30.3 Å². The van der Waals surface area contributed by atoms with Crippen LogP contribution in [0.2, 0.25) is 0 Å². The molecule has 2 amide bonds. The maximum Gasteiger partial charge on any atom is 0.303 e. The van der Waals surface area contributed by atoms with E-state index >= 15 is 0 Å². The van der Waals surface area contributed by atoms with Crippen molar-refractivity contribution in [2.24, 2.45) is 0 Å². The van der Waals surface area contributed by atoms with Crippen molar-refractivity contribution in [3.8, 4) is 11.3 Å². The largest absolute Gasteiger partial charge is 0.350 e. The lowest BCUT2D eigenvalue weighted by Crippen LogP contribution is -2.39. The maximum atomic E-state index is 12.5. The third kappa shape index (κ3) is 3.50. The minimum absolute atomic E-state index is 0.105. The van der Waals surface area contributed by atoms with Crippen LogP contribution < -0.4 is 10.0 Å². The molecule has 0 spiro atoms. The Kier molecular flexibility index (Phi) is 4.64. The minimum Gasteiger partial charge on any atom is -0.350 e. The van der Waals surface area contributed by atoms with E-state index in [1.54, 1.807) is 18.2 Å². The Morgan fingerprint density at radius 2 is 1.90 bits per heavy atom. The number of benzene rings is 2. The summed E-state index contributed by atoms with van der Waals surface area (Å²) in [5.41, 5.74) is 3.76. The topological polar surface area (TPSA) is 101 Å². The highest BCUT2D eigenvalue weighted by Crippen LogP contribution is 2.32. The van der Waals surface area contributed by atoms with Gasteiger partial charge < -0.3 is 9.88 Å². The summed E-state index contributed by atoms with van der Waals surface area (Å²) in [6.45, 7) is 0.556. The van der Waals surface area contributed by atoms with E-state index in [-0.39, 0.29) is 18.0 Å². The SMILES string of the molecule is CN(C)S(=O)(=O)NC(=O)c1ccc2cc3n(c2c1)CC(=O)NCc1ccccc1-3. The van der Waals surface area contributed by atoms with Crippen molar-refractivity contribution < 1.29 is 18.0 Å². The van der Waals surface area contributed by atoms with Gasteiger partial charge in [0.15, 0.2) is 0 Å². The third-order valence-electron chi connectivity index (χ3n) is 4.94. The van der Waals surface area contributed by atoms with E-state index in [1.165, 1.54) is 14.1 Å². The number of nitrogens with one attached hydrogen (secondary N) is 2. The fourth-order valence-electron chi connectivity index (χ4n) is 3.37. The van der Waals surface area contributed by atoms with Crippen molar-refractivity contribution in [3.63, 3.8) is 0 Å². The average molecular weight is 412 g/mol. The van der Waals surface area contributed by atoms with Crippen molar-refractivity contribution in [3.05, 3.63) is 59.7 Å². The molecular formula is C20H20N4O4S. The zero-order valence-corrected chi connectivity index (χ0v) is 16.8. The van der Waals surface area contributed by atoms with Crippen molar-refractivity contribution in [1.29, 1.82) is 0 Å². The molecule has 4 rings (SSSR count). The van der Waals surface area contributed by atoms with Gasteiger partial charge in [0, 0.05) is 48.4 Å². The Labute approximate surface area is 168 Å². The summed E-state index contributed by atoms with van der Waals surface area (Å²) < 4.78 is 28.7. The van der Waals surface area contributed by atoms with E-state index in [0.29, 0.717) is 12.1 Å². The summed E-state index contributed by atoms with van der Waals surface area (Å²) in [7, 11) is -1.22. The predicted molar refractivity (Wildman–Crippen MR) is 109 cm³/mol. The molecule has 0 saturated heterocycles. The normalized spacial score (nSPS) is 14.0. The number of hydrogen-bond donors (Lipinski definition) is 2. The molecule has 29 heavy (non-hydrogen) atoms. The van der Waals surface area contributed by atoms with Crippen LogP contribution in [0.15, 0.2) is 48.5 Å². The van der Waals surface area contributed by atoms with Crippen LogP contribution in [0.25, 0.3) is 22.2 Å². The Bertz CT molecular complexity index is 1240. The average Bonchev–Trinajstić information content (AvgIpc) is 3.02. The molecule has 9 heteroatoms. The molecule has 2 N–H and O–H groups in total. The summed E-state index contributed by atoms with van der Waals surface area (Å²) in [6.07, 6.45) is 0. The Hall–Kier alpha value is -3.17. The highest BCUT2D eigenvalue weighted by Gasteiger charge is 2.22. The molecule has 1 aliphatic rings. The van der Waals surface area contributed by atoms with Gasteiger partial charge in [-0.25, -0.2) is 4.72 Å². The minimum atomic E-state index is -3.90.